The van der Waals surface area contributed by atoms with Crippen molar-refractivity contribution in [3.8, 4) is 0 Å². The molecule has 13 heavy (non-hydrogen) atoms. The molecule has 1 saturated carbocycles. The fraction of sp³-hybridized carbons (Fsp3) is 0.778. The van der Waals surface area contributed by atoms with E-state index in [9.17, 15) is 9.59 Å². The van der Waals surface area contributed by atoms with Gasteiger partial charge in [-0.3, -0.25) is 9.59 Å². The van der Waals surface area contributed by atoms with E-state index in [-0.39, 0.29) is 11.8 Å². The first-order valence-corrected chi connectivity index (χ1v) is 4.50. The van der Waals surface area contributed by atoms with Crippen LogP contribution in [0.1, 0.15) is 19.8 Å². The van der Waals surface area contributed by atoms with Crippen LogP contribution in [0.5, 0.6) is 0 Å². The average Bonchev–Trinajstić information content (AvgIpc) is 2.85. The van der Waals surface area contributed by atoms with Crippen molar-refractivity contribution in [2.45, 2.75) is 19.8 Å². The van der Waals surface area contributed by atoms with E-state index in [0.29, 0.717) is 6.54 Å². The van der Waals surface area contributed by atoms with Crippen LogP contribution in [0.2, 0.25) is 0 Å². The third-order valence-electron chi connectivity index (χ3n) is 2.27. The minimum Gasteiger partial charge on any atom is -0.481 e. The number of aliphatic carboxylic acids is 1. The molecule has 4 nitrogen and oxygen atoms in total. The molecule has 1 N–H and O–H groups in total. The molecule has 0 spiro atoms. The molecule has 1 rings (SSSR count). The summed E-state index contributed by atoms with van der Waals surface area (Å²) in [5.41, 5.74) is 0. The highest BCUT2D eigenvalue weighted by Crippen LogP contribution is 2.30. The predicted molar refractivity (Wildman–Crippen MR) is 47.2 cm³/mol. The second-order valence-corrected chi connectivity index (χ2v) is 3.73. The van der Waals surface area contributed by atoms with Crippen LogP contribution in [0, 0.1) is 11.8 Å². The highest BCUT2D eigenvalue weighted by atomic mass is 16.4. The van der Waals surface area contributed by atoms with Crippen molar-refractivity contribution in [1.29, 1.82) is 0 Å². The van der Waals surface area contributed by atoms with Gasteiger partial charge in [-0.05, 0) is 12.8 Å². The Balaban J connectivity index is 2.34. The Morgan fingerprint density at radius 1 is 1.54 bits per heavy atom. The summed E-state index contributed by atoms with van der Waals surface area (Å²) in [6.45, 7) is 1.92. The van der Waals surface area contributed by atoms with Crippen LogP contribution in [0.25, 0.3) is 0 Å². The van der Waals surface area contributed by atoms with Crippen LogP contribution in [0.15, 0.2) is 0 Å². The first-order valence-electron chi connectivity index (χ1n) is 4.50. The molecule has 0 aromatic carbocycles. The SMILES string of the molecule is CC(CN(C)C(=O)C1CC1)C(=O)O. The summed E-state index contributed by atoms with van der Waals surface area (Å²) in [5.74, 6) is -1.07. The Kier molecular flexibility index (Phi) is 2.90. The molecular formula is C9H15NO3. The van der Waals surface area contributed by atoms with E-state index < -0.39 is 11.9 Å². The molecule has 1 amide bonds. The molecule has 1 aliphatic rings. The largest absolute Gasteiger partial charge is 0.481 e. The van der Waals surface area contributed by atoms with Crippen LogP contribution >= 0.6 is 0 Å². The van der Waals surface area contributed by atoms with Crippen molar-refractivity contribution in [3.63, 3.8) is 0 Å². The van der Waals surface area contributed by atoms with Gasteiger partial charge in [-0.2, -0.15) is 0 Å². The number of hydrogen-bond acceptors (Lipinski definition) is 2. The summed E-state index contributed by atoms with van der Waals surface area (Å²) < 4.78 is 0. The highest BCUT2D eigenvalue weighted by molar-refractivity contribution is 5.81. The number of hydrogen-bond donors (Lipinski definition) is 1. The van der Waals surface area contributed by atoms with Crippen LogP contribution < -0.4 is 0 Å². The number of amides is 1. The van der Waals surface area contributed by atoms with Crippen LogP contribution in [0.4, 0.5) is 0 Å². The molecule has 0 saturated heterocycles. The quantitative estimate of drug-likeness (QED) is 0.696. The first-order chi connectivity index (χ1) is 6.02. The van der Waals surface area contributed by atoms with Gasteiger partial charge in [-0.15, -0.1) is 0 Å². The summed E-state index contributed by atoms with van der Waals surface area (Å²) in [5, 5.41) is 8.63. The van der Waals surface area contributed by atoms with E-state index in [0.717, 1.165) is 12.8 Å². The third-order valence-corrected chi connectivity index (χ3v) is 2.27. The number of carboxylic acids is 1. The summed E-state index contributed by atoms with van der Waals surface area (Å²) in [7, 11) is 1.67. The molecule has 4 heteroatoms. The normalized spacial score (nSPS) is 18.0. The fourth-order valence-electron chi connectivity index (χ4n) is 1.22. The van der Waals surface area contributed by atoms with Gasteiger partial charge < -0.3 is 10.0 Å². The maximum absolute atomic E-state index is 11.4. The van der Waals surface area contributed by atoms with Gasteiger partial charge in [-0.1, -0.05) is 6.92 Å². The zero-order valence-electron chi connectivity index (χ0n) is 7.99. The number of rotatable bonds is 4. The van der Waals surface area contributed by atoms with Gasteiger partial charge in [0.2, 0.25) is 5.91 Å². The smallest absolute Gasteiger partial charge is 0.308 e. The van der Waals surface area contributed by atoms with Crippen molar-refractivity contribution >= 4 is 11.9 Å². The van der Waals surface area contributed by atoms with E-state index in [1.807, 2.05) is 0 Å². The highest BCUT2D eigenvalue weighted by Gasteiger charge is 2.32. The summed E-state index contributed by atoms with van der Waals surface area (Å²) in [6, 6.07) is 0. The zero-order chi connectivity index (χ0) is 10.0. The monoisotopic (exact) mass is 185 g/mol. The topological polar surface area (TPSA) is 57.6 Å². The molecule has 0 heterocycles. The lowest BCUT2D eigenvalue weighted by molar-refractivity contribution is -0.142. The Hall–Kier alpha value is -1.06. The molecule has 1 fully saturated rings. The van der Waals surface area contributed by atoms with Crippen LogP contribution in [0.3, 0.4) is 0 Å². The molecule has 0 bridgehead atoms. The number of carbonyl (C=O) groups excluding carboxylic acids is 1. The number of carboxylic acid groups (broad SMARTS) is 1. The minimum atomic E-state index is -0.851. The second kappa shape index (κ2) is 3.77. The van der Waals surface area contributed by atoms with E-state index >= 15 is 0 Å². The standard InChI is InChI=1S/C9H15NO3/c1-6(9(12)13)5-10(2)8(11)7-3-4-7/h6-7H,3-5H2,1-2H3,(H,12,13). The van der Waals surface area contributed by atoms with Crippen molar-refractivity contribution in [2.24, 2.45) is 11.8 Å². The van der Waals surface area contributed by atoms with Crippen molar-refractivity contribution in [2.75, 3.05) is 13.6 Å². The number of nitrogens with zero attached hydrogens (tertiary/aromatic N) is 1. The molecule has 1 atom stereocenters. The Morgan fingerprint density at radius 3 is 2.46 bits per heavy atom. The molecular weight excluding hydrogens is 170 g/mol. The molecule has 0 aromatic rings. The Morgan fingerprint density at radius 2 is 2.08 bits per heavy atom. The number of carbonyl (C=O) groups is 2. The molecule has 0 aliphatic heterocycles. The molecule has 1 unspecified atom stereocenters. The van der Waals surface area contributed by atoms with Gasteiger partial charge in [-0.25, -0.2) is 0 Å². The lowest BCUT2D eigenvalue weighted by atomic mass is 10.1. The summed E-state index contributed by atoms with van der Waals surface area (Å²) >= 11 is 0. The lowest BCUT2D eigenvalue weighted by Crippen LogP contribution is -2.34. The molecule has 1 aliphatic carbocycles. The van der Waals surface area contributed by atoms with Crippen molar-refractivity contribution in [3.05, 3.63) is 0 Å². The Bertz CT molecular complexity index is 223. The van der Waals surface area contributed by atoms with Gasteiger partial charge in [0.25, 0.3) is 0 Å². The zero-order valence-corrected chi connectivity index (χ0v) is 7.99. The molecule has 74 valence electrons. The predicted octanol–water partition coefficient (Wildman–Crippen LogP) is 0.575. The van der Waals surface area contributed by atoms with Crippen molar-refractivity contribution < 1.29 is 14.7 Å². The van der Waals surface area contributed by atoms with Gasteiger partial charge in [0.1, 0.15) is 0 Å². The van der Waals surface area contributed by atoms with Gasteiger partial charge in [0.05, 0.1) is 5.92 Å². The summed E-state index contributed by atoms with van der Waals surface area (Å²) in [4.78, 5) is 23.4. The van der Waals surface area contributed by atoms with E-state index in [1.165, 1.54) is 4.90 Å². The average molecular weight is 185 g/mol. The lowest BCUT2D eigenvalue weighted by Gasteiger charge is -2.18. The molecule has 0 radical (unpaired) electrons. The maximum Gasteiger partial charge on any atom is 0.308 e. The minimum absolute atomic E-state index is 0.0908. The summed E-state index contributed by atoms with van der Waals surface area (Å²) in [6.07, 6.45) is 1.93. The van der Waals surface area contributed by atoms with E-state index in [4.69, 9.17) is 5.11 Å². The van der Waals surface area contributed by atoms with Crippen molar-refractivity contribution in [1.82, 2.24) is 4.90 Å². The van der Waals surface area contributed by atoms with E-state index in [2.05, 4.69) is 0 Å². The maximum atomic E-state index is 11.4. The van der Waals surface area contributed by atoms with Gasteiger partial charge in [0.15, 0.2) is 0 Å². The van der Waals surface area contributed by atoms with Crippen LogP contribution in [-0.4, -0.2) is 35.5 Å². The fourth-order valence-corrected chi connectivity index (χ4v) is 1.22. The third kappa shape index (κ3) is 2.72. The van der Waals surface area contributed by atoms with E-state index in [1.54, 1.807) is 14.0 Å². The Labute approximate surface area is 77.5 Å². The second-order valence-electron chi connectivity index (χ2n) is 3.73. The van der Waals surface area contributed by atoms with Gasteiger partial charge in [0, 0.05) is 19.5 Å². The first kappa shape index (κ1) is 10.0. The van der Waals surface area contributed by atoms with Crippen LogP contribution in [-0.2, 0) is 9.59 Å². The molecule has 0 aromatic heterocycles. The van der Waals surface area contributed by atoms with Gasteiger partial charge >= 0.3 is 5.97 Å².